The Kier molecular flexibility index (Phi) is 6.10. The number of nitrogens with zero attached hydrogens (tertiary/aromatic N) is 2. The van der Waals surface area contributed by atoms with Gasteiger partial charge in [-0.3, -0.25) is 4.79 Å². The zero-order chi connectivity index (χ0) is 16.0. The fourth-order valence-corrected chi connectivity index (χ4v) is 2.62. The lowest BCUT2D eigenvalue weighted by Crippen LogP contribution is -2.45. The topological polar surface area (TPSA) is 69.7 Å². The van der Waals surface area contributed by atoms with Crippen molar-refractivity contribution in [3.05, 3.63) is 30.1 Å². The van der Waals surface area contributed by atoms with Crippen molar-refractivity contribution in [3.8, 4) is 0 Å². The fraction of sp³-hybridized carbons (Fsp3) is 0.462. The molecule has 0 atom stereocenters. The minimum Gasteiger partial charge on any atom is -0.355 e. The molecule has 8 heteroatoms. The normalized spacial score (nSPS) is 11.5. The van der Waals surface area contributed by atoms with Crippen LogP contribution in [0.5, 0.6) is 0 Å². The van der Waals surface area contributed by atoms with Crippen LogP contribution in [0.1, 0.15) is 13.3 Å². The third kappa shape index (κ3) is 4.68. The number of anilines is 1. The van der Waals surface area contributed by atoms with E-state index in [1.807, 2.05) is 6.92 Å². The smallest absolute Gasteiger partial charge is 0.304 e. The van der Waals surface area contributed by atoms with Gasteiger partial charge in [0, 0.05) is 20.6 Å². The predicted molar refractivity (Wildman–Crippen MR) is 79.7 cm³/mol. The lowest BCUT2D eigenvalue weighted by molar-refractivity contribution is -0.119. The van der Waals surface area contributed by atoms with Crippen LogP contribution >= 0.6 is 0 Å². The van der Waals surface area contributed by atoms with Crippen LogP contribution in [0.4, 0.5) is 10.1 Å². The van der Waals surface area contributed by atoms with Gasteiger partial charge in [-0.2, -0.15) is 12.7 Å². The summed E-state index contributed by atoms with van der Waals surface area (Å²) in [6.45, 7) is 2.01. The van der Waals surface area contributed by atoms with Crippen LogP contribution < -0.4 is 9.62 Å². The highest BCUT2D eigenvalue weighted by Gasteiger charge is 2.27. The largest absolute Gasteiger partial charge is 0.355 e. The number of nitrogens with one attached hydrogen (secondary N) is 1. The molecule has 0 saturated heterocycles. The Morgan fingerprint density at radius 2 is 1.81 bits per heavy atom. The lowest BCUT2D eigenvalue weighted by atomic mass is 10.3. The summed E-state index contributed by atoms with van der Waals surface area (Å²) in [6.07, 6.45) is 0.753. The Hall–Kier alpha value is -1.67. The van der Waals surface area contributed by atoms with Gasteiger partial charge in [-0.15, -0.1) is 0 Å². The van der Waals surface area contributed by atoms with Crippen molar-refractivity contribution in [1.82, 2.24) is 9.62 Å². The van der Waals surface area contributed by atoms with E-state index in [2.05, 4.69) is 5.32 Å². The monoisotopic (exact) mass is 317 g/mol. The highest BCUT2D eigenvalue weighted by Crippen LogP contribution is 2.19. The molecule has 0 bridgehead atoms. The second-order valence-corrected chi connectivity index (χ2v) is 6.69. The standard InChI is InChI=1S/C13H20FN3O3S/c1-4-9-15-13(18)10-17(21(19,20)16(2)3)12-7-5-11(14)6-8-12/h5-8H,4,9-10H2,1-3H3,(H,15,18). The Labute approximate surface area is 124 Å². The number of hydrogen-bond donors (Lipinski definition) is 1. The Bertz CT molecular complexity index is 573. The molecule has 0 fully saturated rings. The van der Waals surface area contributed by atoms with E-state index in [4.69, 9.17) is 0 Å². The summed E-state index contributed by atoms with van der Waals surface area (Å²) in [5.41, 5.74) is 0.233. The van der Waals surface area contributed by atoms with Gasteiger partial charge in [0.1, 0.15) is 12.4 Å². The molecular weight excluding hydrogens is 297 g/mol. The van der Waals surface area contributed by atoms with E-state index < -0.39 is 21.9 Å². The molecule has 1 aromatic carbocycles. The van der Waals surface area contributed by atoms with Gasteiger partial charge in [-0.1, -0.05) is 6.92 Å². The summed E-state index contributed by atoms with van der Waals surface area (Å²) < 4.78 is 39.5. The van der Waals surface area contributed by atoms with Crippen molar-refractivity contribution < 1.29 is 17.6 Å². The van der Waals surface area contributed by atoms with Crippen LogP contribution in [0.2, 0.25) is 0 Å². The van der Waals surface area contributed by atoms with Gasteiger partial charge in [0.2, 0.25) is 5.91 Å². The Balaban J connectivity index is 3.06. The lowest BCUT2D eigenvalue weighted by Gasteiger charge is -2.26. The molecule has 0 aromatic heterocycles. The van der Waals surface area contributed by atoms with Crippen molar-refractivity contribution in [2.45, 2.75) is 13.3 Å². The number of rotatable bonds is 7. The SMILES string of the molecule is CCCNC(=O)CN(c1ccc(F)cc1)S(=O)(=O)N(C)C. The third-order valence-corrected chi connectivity index (χ3v) is 4.53. The number of benzene rings is 1. The Morgan fingerprint density at radius 1 is 1.24 bits per heavy atom. The van der Waals surface area contributed by atoms with Crippen molar-refractivity contribution in [1.29, 1.82) is 0 Å². The van der Waals surface area contributed by atoms with E-state index in [0.717, 1.165) is 27.2 Å². The number of amides is 1. The first-order valence-electron chi connectivity index (χ1n) is 6.51. The number of halogens is 1. The third-order valence-electron chi connectivity index (χ3n) is 2.71. The minimum atomic E-state index is -3.84. The molecule has 6 nitrogen and oxygen atoms in total. The molecule has 0 saturated carbocycles. The van der Waals surface area contributed by atoms with Crippen LogP contribution in [0.15, 0.2) is 24.3 Å². The van der Waals surface area contributed by atoms with Crippen molar-refractivity contribution in [2.24, 2.45) is 0 Å². The van der Waals surface area contributed by atoms with Crippen LogP contribution in [0, 0.1) is 5.82 Å². The molecule has 21 heavy (non-hydrogen) atoms. The minimum absolute atomic E-state index is 0.233. The van der Waals surface area contributed by atoms with Gasteiger partial charge >= 0.3 is 10.2 Å². The zero-order valence-corrected chi connectivity index (χ0v) is 13.2. The van der Waals surface area contributed by atoms with E-state index >= 15 is 0 Å². The van der Waals surface area contributed by atoms with Crippen LogP contribution in [-0.4, -0.2) is 45.8 Å². The molecule has 1 amide bonds. The molecule has 0 heterocycles. The highest BCUT2D eigenvalue weighted by atomic mass is 32.2. The number of carbonyl (C=O) groups excluding carboxylic acids is 1. The van der Waals surface area contributed by atoms with E-state index in [0.29, 0.717) is 6.54 Å². The van der Waals surface area contributed by atoms with E-state index in [1.165, 1.54) is 26.2 Å². The van der Waals surface area contributed by atoms with E-state index in [1.54, 1.807) is 0 Å². The molecule has 1 N–H and O–H groups in total. The molecule has 0 spiro atoms. The average molecular weight is 317 g/mol. The van der Waals surface area contributed by atoms with Gasteiger partial charge in [0.15, 0.2) is 0 Å². The van der Waals surface area contributed by atoms with Gasteiger partial charge in [0.05, 0.1) is 5.69 Å². The highest BCUT2D eigenvalue weighted by molar-refractivity contribution is 7.90. The van der Waals surface area contributed by atoms with Crippen molar-refractivity contribution >= 4 is 21.8 Å². The molecule has 118 valence electrons. The number of hydrogen-bond acceptors (Lipinski definition) is 3. The first-order valence-corrected chi connectivity index (χ1v) is 7.91. The average Bonchev–Trinajstić information content (AvgIpc) is 2.43. The summed E-state index contributed by atoms with van der Waals surface area (Å²) in [6, 6.07) is 4.95. The second-order valence-electron chi connectivity index (χ2n) is 4.62. The summed E-state index contributed by atoms with van der Waals surface area (Å²) in [5, 5.41) is 2.62. The zero-order valence-electron chi connectivity index (χ0n) is 12.3. The van der Waals surface area contributed by atoms with Crippen LogP contribution in [0.25, 0.3) is 0 Å². The van der Waals surface area contributed by atoms with Crippen LogP contribution in [0.3, 0.4) is 0 Å². The molecule has 0 aliphatic heterocycles. The molecular formula is C13H20FN3O3S. The maximum atomic E-state index is 13.0. The van der Waals surface area contributed by atoms with Gasteiger partial charge in [0.25, 0.3) is 0 Å². The molecule has 1 aromatic rings. The molecule has 0 aliphatic rings. The Morgan fingerprint density at radius 3 is 2.29 bits per heavy atom. The maximum absolute atomic E-state index is 13.0. The molecule has 0 radical (unpaired) electrons. The van der Waals surface area contributed by atoms with E-state index in [-0.39, 0.29) is 12.2 Å². The first-order chi connectivity index (χ1) is 9.78. The van der Waals surface area contributed by atoms with E-state index in [9.17, 15) is 17.6 Å². The summed E-state index contributed by atoms with van der Waals surface area (Å²) >= 11 is 0. The first kappa shape index (κ1) is 17.4. The summed E-state index contributed by atoms with van der Waals surface area (Å²) in [5.74, 6) is -0.886. The summed E-state index contributed by atoms with van der Waals surface area (Å²) in [7, 11) is -1.10. The quantitative estimate of drug-likeness (QED) is 0.814. The molecule has 0 aliphatic carbocycles. The van der Waals surface area contributed by atoms with Gasteiger partial charge in [-0.25, -0.2) is 8.70 Å². The predicted octanol–water partition coefficient (Wildman–Crippen LogP) is 0.965. The number of carbonyl (C=O) groups is 1. The second kappa shape index (κ2) is 7.37. The molecule has 1 rings (SSSR count). The molecule has 0 unspecified atom stereocenters. The fourth-order valence-electron chi connectivity index (χ4n) is 1.56. The van der Waals surface area contributed by atoms with Crippen molar-refractivity contribution in [3.63, 3.8) is 0 Å². The van der Waals surface area contributed by atoms with Crippen LogP contribution in [-0.2, 0) is 15.0 Å². The maximum Gasteiger partial charge on any atom is 0.304 e. The summed E-state index contributed by atoms with van der Waals surface area (Å²) in [4.78, 5) is 11.8. The van der Waals surface area contributed by atoms with Gasteiger partial charge in [-0.05, 0) is 30.7 Å². The van der Waals surface area contributed by atoms with Crippen molar-refractivity contribution in [2.75, 3.05) is 31.5 Å². The van der Waals surface area contributed by atoms with Gasteiger partial charge < -0.3 is 5.32 Å².